The average Bonchev–Trinajstić information content (AvgIpc) is 2.75. The summed E-state index contributed by atoms with van der Waals surface area (Å²) in [6.45, 7) is 3.61. The van der Waals surface area contributed by atoms with Gasteiger partial charge < -0.3 is 29.3 Å². The number of amides is 2. The molecule has 2 aromatic carbocycles. The first kappa shape index (κ1) is 24.7. The predicted octanol–water partition coefficient (Wildman–Crippen LogP) is 1.34. The molecular formula is C24H21F3IN3O2. The molecule has 1 aliphatic rings. The summed E-state index contributed by atoms with van der Waals surface area (Å²) in [5, 5.41) is 2.89. The zero-order chi connectivity index (χ0) is 23.0. The van der Waals surface area contributed by atoms with Crippen molar-refractivity contribution >= 4 is 23.2 Å². The maximum Gasteiger partial charge on any atom is 0.416 e. The predicted molar refractivity (Wildman–Crippen MR) is 113 cm³/mol. The maximum atomic E-state index is 13.5. The van der Waals surface area contributed by atoms with Crippen LogP contribution in [0.15, 0.2) is 66.9 Å². The van der Waals surface area contributed by atoms with E-state index in [9.17, 15) is 22.8 Å². The molecule has 4 rings (SSSR count). The number of para-hydroxylation sites is 1. The molecule has 0 saturated heterocycles. The molecule has 1 aliphatic heterocycles. The second-order valence-electron chi connectivity index (χ2n) is 7.72. The first-order valence-electron chi connectivity index (χ1n) is 10.0. The number of hydrogen-bond donors (Lipinski definition) is 1. The molecule has 1 unspecified atom stereocenters. The van der Waals surface area contributed by atoms with Crippen molar-refractivity contribution in [1.29, 1.82) is 0 Å². The third kappa shape index (κ3) is 4.87. The minimum Gasteiger partial charge on any atom is -1.00 e. The van der Waals surface area contributed by atoms with Crippen LogP contribution < -0.4 is 38.8 Å². The Kier molecular flexibility index (Phi) is 7.11. The van der Waals surface area contributed by atoms with Crippen LogP contribution in [0.5, 0.6) is 0 Å². The van der Waals surface area contributed by atoms with Crippen LogP contribution in [-0.4, -0.2) is 11.8 Å². The summed E-state index contributed by atoms with van der Waals surface area (Å²) in [4.78, 5) is 27.7. The number of nitrogens with one attached hydrogen (secondary N) is 1. The van der Waals surface area contributed by atoms with Gasteiger partial charge in [0.25, 0.3) is 11.8 Å². The molecule has 2 heterocycles. The van der Waals surface area contributed by atoms with Crippen LogP contribution in [0.4, 0.5) is 24.5 Å². The molecule has 9 heteroatoms. The van der Waals surface area contributed by atoms with E-state index in [0.29, 0.717) is 11.4 Å². The lowest BCUT2D eigenvalue weighted by atomic mass is 10.0. The summed E-state index contributed by atoms with van der Waals surface area (Å²) in [6.07, 6.45) is -2.90. The van der Waals surface area contributed by atoms with Crippen molar-refractivity contribution in [3.8, 4) is 0 Å². The molecule has 5 nitrogen and oxygen atoms in total. The molecule has 0 bridgehead atoms. The van der Waals surface area contributed by atoms with Gasteiger partial charge in [-0.25, -0.2) is 0 Å². The van der Waals surface area contributed by atoms with E-state index in [1.807, 2.05) is 32.0 Å². The summed E-state index contributed by atoms with van der Waals surface area (Å²) in [5.74, 6) is -0.984. The molecular weight excluding hydrogens is 546 g/mol. The molecule has 1 aromatic heterocycles. The number of halogens is 4. The lowest BCUT2D eigenvalue weighted by Gasteiger charge is -2.32. The molecule has 172 valence electrons. The molecule has 1 N–H and O–H groups in total. The molecule has 33 heavy (non-hydrogen) atoms. The average molecular weight is 567 g/mol. The number of fused-ring (bicyclic) bond motifs is 1. The number of carbonyl (C=O) groups is 2. The largest absolute Gasteiger partial charge is 1.00 e. The van der Waals surface area contributed by atoms with Crippen molar-refractivity contribution in [2.75, 3.05) is 10.2 Å². The van der Waals surface area contributed by atoms with E-state index in [2.05, 4.69) is 5.32 Å². The van der Waals surface area contributed by atoms with Crippen LogP contribution in [0.1, 0.15) is 28.4 Å². The molecule has 0 spiro atoms. The maximum absolute atomic E-state index is 13.5. The summed E-state index contributed by atoms with van der Waals surface area (Å²) in [7, 11) is 0. The molecule has 0 saturated carbocycles. The standard InChI is InChI=1S/C24H20F3N3O2.HI/c1-15-7-5-8-16(2)21(15)28-23(32)22-19-11-3-4-12-29(19)14-20(31)30(22)18-10-6-9-17(13-18)24(25,26)27;/h3-13,22H,14H2,1-2H3;1H. The number of nitrogens with zero attached hydrogens (tertiary/aromatic N) is 2. The SMILES string of the molecule is Cc1cccc(C)c1NC(=O)C1c2cccc[n+]2CC(=O)N1c1cccc(C(F)(F)F)c1.[I-]. The van der Waals surface area contributed by atoms with Gasteiger partial charge in [-0.05, 0) is 43.2 Å². The monoisotopic (exact) mass is 567 g/mol. The Hall–Kier alpha value is -2.95. The van der Waals surface area contributed by atoms with Crippen molar-refractivity contribution < 1.29 is 51.3 Å². The molecule has 0 fully saturated rings. The Balaban J connectivity index is 0.00000306. The smallest absolute Gasteiger partial charge is 0.416 e. The first-order chi connectivity index (χ1) is 15.2. The van der Waals surface area contributed by atoms with Gasteiger partial charge >= 0.3 is 6.18 Å². The van der Waals surface area contributed by atoms with Gasteiger partial charge in [0.2, 0.25) is 18.3 Å². The van der Waals surface area contributed by atoms with Gasteiger partial charge in [-0.2, -0.15) is 17.7 Å². The minimum absolute atomic E-state index is 0. The highest BCUT2D eigenvalue weighted by molar-refractivity contribution is 6.05. The van der Waals surface area contributed by atoms with Crippen molar-refractivity contribution in [2.45, 2.75) is 32.6 Å². The molecule has 0 radical (unpaired) electrons. The van der Waals surface area contributed by atoms with Gasteiger partial charge in [0.15, 0.2) is 6.20 Å². The lowest BCUT2D eigenvalue weighted by molar-refractivity contribution is -0.695. The normalized spacial score (nSPS) is 15.5. The Morgan fingerprint density at radius 2 is 1.70 bits per heavy atom. The van der Waals surface area contributed by atoms with Crippen LogP contribution in [0.3, 0.4) is 0 Å². The summed E-state index contributed by atoms with van der Waals surface area (Å²) in [5.41, 5.74) is 1.93. The van der Waals surface area contributed by atoms with Gasteiger partial charge in [-0.1, -0.05) is 30.3 Å². The van der Waals surface area contributed by atoms with E-state index < -0.39 is 29.6 Å². The van der Waals surface area contributed by atoms with E-state index in [0.717, 1.165) is 28.2 Å². The van der Waals surface area contributed by atoms with Crippen molar-refractivity contribution in [3.63, 3.8) is 0 Å². The zero-order valence-electron chi connectivity index (χ0n) is 17.9. The number of aromatic nitrogens is 1. The molecule has 2 amide bonds. The Morgan fingerprint density at radius 1 is 1.03 bits per heavy atom. The number of carbonyl (C=O) groups excluding carboxylic acids is 2. The summed E-state index contributed by atoms with van der Waals surface area (Å²) in [6, 6.07) is 14.1. The molecule has 3 aromatic rings. The lowest BCUT2D eigenvalue weighted by Crippen LogP contribution is -3.00. The quantitative estimate of drug-likeness (QED) is 0.384. The first-order valence-corrected chi connectivity index (χ1v) is 10.0. The second-order valence-corrected chi connectivity index (χ2v) is 7.72. The fourth-order valence-corrected chi connectivity index (χ4v) is 3.96. The summed E-state index contributed by atoms with van der Waals surface area (Å²) < 4.78 is 41.6. The molecule has 1 atom stereocenters. The van der Waals surface area contributed by atoms with E-state index in [1.54, 1.807) is 29.0 Å². The van der Waals surface area contributed by atoms with Gasteiger partial charge in [-0.15, -0.1) is 0 Å². The number of aryl methyl sites for hydroxylation is 2. The molecule has 0 aliphatic carbocycles. The van der Waals surface area contributed by atoms with Gasteiger partial charge in [0.05, 0.1) is 5.56 Å². The number of hydrogen-bond acceptors (Lipinski definition) is 2. The highest BCUT2D eigenvalue weighted by Crippen LogP contribution is 2.35. The number of pyridine rings is 1. The number of alkyl halides is 3. The van der Waals surface area contributed by atoms with Crippen molar-refractivity contribution in [3.05, 3.63) is 89.2 Å². The number of anilines is 2. The Bertz CT molecular complexity index is 1190. The highest BCUT2D eigenvalue weighted by atomic mass is 127. The van der Waals surface area contributed by atoms with Crippen LogP contribution in [0.25, 0.3) is 0 Å². The van der Waals surface area contributed by atoms with Crippen molar-refractivity contribution in [1.82, 2.24) is 0 Å². The summed E-state index contributed by atoms with van der Waals surface area (Å²) >= 11 is 0. The number of benzene rings is 2. The van der Waals surface area contributed by atoms with Gasteiger partial charge in [0.1, 0.15) is 0 Å². The van der Waals surface area contributed by atoms with Crippen LogP contribution in [-0.2, 0) is 22.3 Å². The fourth-order valence-electron chi connectivity index (χ4n) is 3.96. The second kappa shape index (κ2) is 9.50. The third-order valence-corrected chi connectivity index (χ3v) is 5.52. The number of rotatable bonds is 3. The van der Waals surface area contributed by atoms with Crippen molar-refractivity contribution in [2.24, 2.45) is 0 Å². The Labute approximate surface area is 206 Å². The van der Waals surface area contributed by atoms with E-state index >= 15 is 0 Å². The van der Waals surface area contributed by atoms with Crippen LogP contribution in [0, 0.1) is 13.8 Å². The van der Waals surface area contributed by atoms with Gasteiger partial charge in [-0.3, -0.25) is 14.5 Å². The Morgan fingerprint density at radius 3 is 2.36 bits per heavy atom. The fraction of sp³-hybridized carbons (Fsp3) is 0.208. The topological polar surface area (TPSA) is 53.3 Å². The third-order valence-electron chi connectivity index (χ3n) is 5.52. The van der Waals surface area contributed by atoms with Gasteiger partial charge in [0, 0.05) is 23.5 Å². The van der Waals surface area contributed by atoms with Crippen LogP contribution >= 0.6 is 0 Å². The minimum atomic E-state index is -4.57. The van der Waals surface area contributed by atoms with E-state index in [1.165, 1.54) is 12.1 Å². The van der Waals surface area contributed by atoms with Crippen LogP contribution in [0.2, 0.25) is 0 Å². The highest BCUT2D eigenvalue weighted by Gasteiger charge is 2.44. The van der Waals surface area contributed by atoms with E-state index in [4.69, 9.17) is 0 Å². The zero-order valence-corrected chi connectivity index (χ0v) is 20.0. The van der Waals surface area contributed by atoms with E-state index in [-0.39, 0.29) is 36.2 Å².